The van der Waals surface area contributed by atoms with Crippen LogP contribution in [0.5, 0.6) is 5.75 Å². The van der Waals surface area contributed by atoms with E-state index >= 15 is 0 Å². The van der Waals surface area contributed by atoms with Crippen molar-refractivity contribution in [2.45, 2.75) is 6.54 Å². The maximum Gasteiger partial charge on any atom is 0.251 e. The summed E-state index contributed by atoms with van der Waals surface area (Å²) in [6.07, 6.45) is 1.75. The Balaban J connectivity index is 1.30. The van der Waals surface area contributed by atoms with Crippen molar-refractivity contribution in [1.29, 1.82) is 0 Å². The van der Waals surface area contributed by atoms with Gasteiger partial charge >= 0.3 is 0 Å². The zero-order chi connectivity index (χ0) is 20.9. The summed E-state index contributed by atoms with van der Waals surface area (Å²) in [6.45, 7) is 1.95. The number of aromatic nitrogens is 3. The number of nitrogens with zero attached hydrogens (tertiary/aromatic N) is 3. The molecule has 4 aromatic rings. The lowest BCUT2D eigenvalue weighted by Crippen LogP contribution is -2.27. The highest BCUT2D eigenvalue weighted by molar-refractivity contribution is 6.06. The van der Waals surface area contributed by atoms with Crippen molar-refractivity contribution >= 4 is 33.7 Å². The highest BCUT2D eigenvalue weighted by atomic mass is 16.5. The Kier molecular flexibility index (Phi) is 5.76. The van der Waals surface area contributed by atoms with Crippen LogP contribution in [0.2, 0.25) is 0 Å². The van der Waals surface area contributed by atoms with Crippen molar-refractivity contribution in [1.82, 2.24) is 19.9 Å². The lowest BCUT2D eigenvalue weighted by atomic mass is 10.2. The van der Waals surface area contributed by atoms with Crippen LogP contribution in [0.1, 0.15) is 10.4 Å². The average molecular weight is 405 g/mol. The Labute approximate surface area is 173 Å². The number of para-hydroxylation sites is 1. The fourth-order valence-corrected chi connectivity index (χ4v) is 3.32. The number of rotatable bonds is 8. The maximum absolute atomic E-state index is 12.1. The lowest BCUT2D eigenvalue weighted by Gasteiger charge is -2.09. The number of hydrogen-bond donors (Lipinski definition) is 2. The van der Waals surface area contributed by atoms with E-state index < -0.39 is 0 Å². The third-order valence-electron chi connectivity index (χ3n) is 4.84. The quantitative estimate of drug-likeness (QED) is 0.437. The molecule has 0 aliphatic heterocycles. The molecule has 0 bridgehead atoms. The first-order valence-corrected chi connectivity index (χ1v) is 9.66. The Hall–Kier alpha value is -3.65. The van der Waals surface area contributed by atoms with Crippen LogP contribution in [0.25, 0.3) is 21.9 Å². The molecule has 0 fully saturated rings. The van der Waals surface area contributed by atoms with Crippen LogP contribution in [-0.4, -0.2) is 47.3 Å². The predicted molar refractivity (Wildman–Crippen MR) is 116 cm³/mol. The van der Waals surface area contributed by atoms with E-state index in [9.17, 15) is 4.79 Å². The van der Waals surface area contributed by atoms with E-state index in [1.54, 1.807) is 37.7 Å². The second-order valence-electron chi connectivity index (χ2n) is 6.75. The third-order valence-corrected chi connectivity index (χ3v) is 4.84. The van der Waals surface area contributed by atoms with Crippen molar-refractivity contribution < 1.29 is 14.3 Å². The first-order valence-electron chi connectivity index (χ1n) is 9.66. The molecule has 1 amide bonds. The molecule has 8 nitrogen and oxygen atoms in total. The zero-order valence-corrected chi connectivity index (χ0v) is 16.7. The van der Waals surface area contributed by atoms with Gasteiger partial charge in [-0.2, -0.15) is 0 Å². The van der Waals surface area contributed by atoms with Gasteiger partial charge < -0.3 is 25.1 Å². The Bertz CT molecular complexity index is 1170. The SMILES string of the molecule is COc1ccc(C(=O)NCCOCCn2cnc3c(N)nc4ccccc4c32)cc1. The Morgan fingerprint density at radius 3 is 2.73 bits per heavy atom. The van der Waals surface area contributed by atoms with Gasteiger partial charge in [-0.05, 0) is 30.3 Å². The number of carbonyl (C=O) groups excluding carboxylic acids is 1. The average Bonchev–Trinajstić information content (AvgIpc) is 3.21. The number of fused-ring (bicyclic) bond motifs is 3. The van der Waals surface area contributed by atoms with Gasteiger partial charge in [-0.1, -0.05) is 18.2 Å². The molecule has 0 radical (unpaired) electrons. The van der Waals surface area contributed by atoms with E-state index in [0.717, 1.165) is 16.4 Å². The number of pyridine rings is 1. The van der Waals surface area contributed by atoms with Gasteiger partial charge in [-0.15, -0.1) is 0 Å². The number of carbonyl (C=O) groups is 1. The summed E-state index contributed by atoms with van der Waals surface area (Å²) < 4.78 is 12.8. The van der Waals surface area contributed by atoms with Crippen molar-refractivity contribution in [3.05, 3.63) is 60.4 Å². The Morgan fingerprint density at radius 2 is 1.93 bits per heavy atom. The minimum atomic E-state index is -0.142. The maximum atomic E-state index is 12.1. The summed E-state index contributed by atoms with van der Waals surface area (Å²) in [4.78, 5) is 20.9. The second-order valence-corrected chi connectivity index (χ2v) is 6.75. The van der Waals surface area contributed by atoms with Gasteiger partial charge in [-0.25, -0.2) is 9.97 Å². The van der Waals surface area contributed by atoms with Crippen molar-refractivity contribution in [3.8, 4) is 5.75 Å². The van der Waals surface area contributed by atoms with Crippen LogP contribution >= 0.6 is 0 Å². The van der Waals surface area contributed by atoms with E-state index in [1.807, 2.05) is 28.8 Å². The van der Waals surface area contributed by atoms with E-state index in [4.69, 9.17) is 15.2 Å². The van der Waals surface area contributed by atoms with Crippen LogP contribution in [-0.2, 0) is 11.3 Å². The van der Waals surface area contributed by atoms with Gasteiger partial charge in [-0.3, -0.25) is 4.79 Å². The number of nitrogen functional groups attached to an aromatic ring is 1. The van der Waals surface area contributed by atoms with Crippen molar-refractivity contribution in [2.75, 3.05) is 32.6 Å². The molecule has 3 N–H and O–H groups in total. The molecule has 0 aliphatic carbocycles. The van der Waals surface area contributed by atoms with Crippen LogP contribution < -0.4 is 15.8 Å². The van der Waals surface area contributed by atoms with Crippen LogP contribution in [0.15, 0.2) is 54.9 Å². The molecule has 0 saturated carbocycles. The first-order chi connectivity index (χ1) is 14.7. The normalized spacial score (nSPS) is 11.1. The van der Waals surface area contributed by atoms with Crippen LogP contribution in [0, 0.1) is 0 Å². The summed E-state index contributed by atoms with van der Waals surface area (Å²) in [5, 5.41) is 3.85. The molecule has 2 aromatic heterocycles. The predicted octanol–water partition coefficient (Wildman–Crippen LogP) is 2.62. The number of amides is 1. The van der Waals surface area contributed by atoms with E-state index in [-0.39, 0.29) is 5.91 Å². The van der Waals surface area contributed by atoms with Gasteiger partial charge in [0.1, 0.15) is 11.3 Å². The summed E-state index contributed by atoms with van der Waals surface area (Å²) in [6, 6.07) is 14.8. The molecular formula is C22H23N5O3. The summed E-state index contributed by atoms with van der Waals surface area (Å²) in [7, 11) is 1.59. The molecular weight excluding hydrogens is 382 g/mol. The van der Waals surface area contributed by atoms with Gasteiger partial charge in [0.25, 0.3) is 5.91 Å². The Morgan fingerprint density at radius 1 is 1.13 bits per heavy atom. The fourth-order valence-electron chi connectivity index (χ4n) is 3.32. The molecule has 154 valence electrons. The summed E-state index contributed by atoms with van der Waals surface area (Å²) in [5.41, 5.74) is 9.13. The number of hydrogen-bond acceptors (Lipinski definition) is 6. The number of nitrogens with two attached hydrogens (primary N) is 1. The van der Waals surface area contributed by atoms with Crippen LogP contribution in [0.3, 0.4) is 0 Å². The number of methoxy groups -OCH3 is 1. The smallest absolute Gasteiger partial charge is 0.251 e. The van der Waals surface area contributed by atoms with Crippen molar-refractivity contribution in [2.24, 2.45) is 0 Å². The molecule has 0 aliphatic rings. The number of benzene rings is 2. The van der Waals surface area contributed by atoms with Crippen molar-refractivity contribution in [3.63, 3.8) is 0 Å². The van der Waals surface area contributed by atoms with E-state index in [2.05, 4.69) is 15.3 Å². The molecule has 0 atom stereocenters. The second kappa shape index (κ2) is 8.79. The minimum Gasteiger partial charge on any atom is -0.497 e. The molecule has 8 heteroatoms. The standard InChI is InChI=1S/C22H23N5O3/c1-29-16-8-6-15(7-9-16)22(28)24-10-12-30-13-11-27-14-25-19-20(27)17-4-2-3-5-18(17)26-21(19)23/h2-9,14H,10-13H2,1H3,(H2,23,26)(H,24,28). The lowest BCUT2D eigenvalue weighted by molar-refractivity contribution is 0.0909. The number of ether oxygens (including phenoxy) is 2. The van der Waals surface area contributed by atoms with Crippen LogP contribution in [0.4, 0.5) is 5.82 Å². The van der Waals surface area contributed by atoms with Gasteiger partial charge in [0.05, 0.1) is 37.7 Å². The van der Waals surface area contributed by atoms with E-state index in [0.29, 0.717) is 49.0 Å². The highest BCUT2D eigenvalue weighted by Crippen LogP contribution is 2.26. The zero-order valence-electron chi connectivity index (χ0n) is 16.7. The topological polar surface area (TPSA) is 104 Å². The number of nitrogens with one attached hydrogen (secondary N) is 1. The summed E-state index contributed by atoms with van der Waals surface area (Å²) >= 11 is 0. The monoisotopic (exact) mass is 405 g/mol. The largest absolute Gasteiger partial charge is 0.497 e. The molecule has 2 aromatic carbocycles. The highest BCUT2D eigenvalue weighted by Gasteiger charge is 2.12. The van der Waals surface area contributed by atoms with E-state index in [1.165, 1.54) is 0 Å². The van der Waals surface area contributed by atoms with Gasteiger partial charge in [0.2, 0.25) is 0 Å². The third kappa shape index (κ3) is 4.04. The first kappa shape index (κ1) is 19.7. The minimum absolute atomic E-state index is 0.142. The molecule has 2 heterocycles. The number of imidazole rings is 1. The number of anilines is 1. The van der Waals surface area contributed by atoms with Gasteiger partial charge in [0, 0.05) is 24.0 Å². The molecule has 0 spiro atoms. The molecule has 0 unspecified atom stereocenters. The fraction of sp³-hybridized carbons (Fsp3) is 0.227. The molecule has 30 heavy (non-hydrogen) atoms. The van der Waals surface area contributed by atoms with Gasteiger partial charge in [0.15, 0.2) is 5.82 Å². The summed E-state index contributed by atoms with van der Waals surface area (Å²) in [5.74, 6) is 0.994. The molecule has 4 rings (SSSR count). The molecule has 0 saturated heterocycles.